The number of benzene rings is 2. The van der Waals surface area contributed by atoms with Gasteiger partial charge in [0.25, 0.3) is 0 Å². The highest BCUT2D eigenvalue weighted by Crippen LogP contribution is 2.30. The Morgan fingerprint density at radius 3 is 2.17 bits per heavy atom. The number of aromatic nitrogens is 2. The van der Waals surface area contributed by atoms with Crippen LogP contribution in [-0.4, -0.2) is 38.2 Å². The molecule has 0 aliphatic heterocycles. The quantitative estimate of drug-likeness (QED) is 0.742. The maximum absolute atomic E-state index is 9.00. The van der Waals surface area contributed by atoms with E-state index in [1.165, 1.54) is 0 Å². The summed E-state index contributed by atoms with van der Waals surface area (Å²) < 4.78 is 0. The van der Waals surface area contributed by atoms with E-state index in [0.29, 0.717) is 11.5 Å². The third-order valence-corrected chi connectivity index (χ3v) is 3.87. The van der Waals surface area contributed by atoms with Gasteiger partial charge in [-0.05, 0) is 30.3 Å². The van der Waals surface area contributed by atoms with Crippen LogP contribution in [0.1, 0.15) is 5.56 Å². The van der Waals surface area contributed by atoms with E-state index in [4.69, 9.17) is 10.2 Å². The number of rotatable bonds is 3. The minimum absolute atomic E-state index is 0.638. The van der Waals surface area contributed by atoms with Crippen LogP contribution in [0.5, 0.6) is 0 Å². The molecule has 3 aromatic rings. The highest BCUT2D eigenvalue weighted by molar-refractivity contribution is 5.95. The first kappa shape index (κ1) is 15.8. The van der Waals surface area contributed by atoms with E-state index < -0.39 is 0 Å². The van der Waals surface area contributed by atoms with Crippen molar-refractivity contribution in [3.63, 3.8) is 0 Å². The Labute approximate surface area is 141 Å². The molecule has 0 aliphatic carbocycles. The molecule has 5 nitrogen and oxygen atoms in total. The van der Waals surface area contributed by atoms with Crippen LogP contribution >= 0.6 is 0 Å². The molecule has 0 amide bonds. The van der Waals surface area contributed by atoms with Gasteiger partial charge in [-0.15, -0.1) is 0 Å². The van der Waals surface area contributed by atoms with Crippen LogP contribution in [0, 0.1) is 11.3 Å². The van der Waals surface area contributed by atoms with Crippen LogP contribution in [-0.2, 0) is 0 Å². The molecular formula is C19H19N5. The fourth-order valence-corrected chi connectivity index (χ4v) is 2.51. The van der Waals surface area contributed by atoms with E-state index in [-0.39, 0.29) is 0 Å². The molecule has 3 rings (SSSR count). The Morgan fingerprint density at radius 2 is 1.58 bits per heavy atom. The van der Waals surface area contributed by atoms with Crippen molar-refractivity contribution >= 4 is 22.5 Å². The second-order valence-corrected chi connectivity index (χ2v) is 6.05. The van der Waals surface area contributed by atoms with E-state index in [2.05, 4.69) is 28.1 Å². The zero-order valence-electron chi connectivity index (χ0n) is 14.3. The van der Waals surface area contributed by atoms with Crippen molar-refractivity contribution in [1.82, 2.24) is 9.97 Å². The first-order valence-corrected chi connectivity index (χ1v) is 7.66. The third-order valence-electron chi connectivity index (χ3n) is 3.87. The van der Waals surface area contributed by atoms with Gasteiger partial charge in [0.2, 0.25) is 5.95 Å². The number of hydrogen-bond acceptors (Lipinski definition) is 5. The Morgan fingerprint density at radius 1 is 0.875 bits per heavy atom. The second-order valence-electron chi connectivity index (χ2n) is 6.05. The SMILES string of the molecule is CN(C)c1ccc2nc(N(C)C)nc(-c3ccc(C#N)cc3)c2c1. The lowest BCUT2D eigenvalue weighted by molar-refractivity contribution is 1.02. The summed E-state index contributed by atoms with van der Waals surface area (Å²) in [6.07, 6.45) is 0. The smallest absolute Gasteiger partial charge is 0.225 e. The zero-order chi connectivity index (χ0) is 17.3. The lowest BCUT2D eigenvalue weighted by atomic mass is 10.0. The van der Waals surface area contributed by atoms with Crippen LogP contribution in [0.2, 0.25) is 0 Å². The number of nitrogens with zero attached hydrogens (tertiary/aromatic N) is 5. The molecule has 0 saturated heterocycles. The molecule has 2 aromatic carbocycles. The third kappa shape index (κ3) is 2.86. The van der Waals surface area contributed by atoms with Crippen LogP contribution in [0.25, 0.3) is 22.2 Å². The van der Waals surface area contributed by atoms with Crippen molar-refractivity contribution in [2.45, 2.75) is 0 Å². The second kappa shape index (κ2) is 6.17. The first-order chi connectivity index (χ1) is 11.5. The summed E-state index contributed by atoms with van der Waals surface area (Å²) >= 11 is 0. The fourth-order valence-electron chi connectivity index (χ4n) is 2.51. The van der Waals surface area contributed by atoms with E-state index in [0.717, 1.165) is 27.8 Å². The molecule has 0 spiro atoms. The topological polar surface area (TPSA) is 56.1 Å². The van der Waals surface area contributed by atoms with Gasteiger partial charge < -0.3 is 9.80 Å². The van der Waals surface area contributed by atoms with Gasteiger partial charge in [0.15, 0.2) is 0 Å². The predicted octanol–water partition coefficient (Wildman–Crippen LogP) is 3.30. The number of nitriles is 1. The molecule has 120 valence electrons. The van der Waals surface area contributed by atoms with Gasteiger partial charge in [-0.1, -0.05) is 12.1 Å². The Hall–Kier alpha value is -3.13. The lowest BCUT2D eigenvalue weighted by Crippen LogP contribution is -2.13. The van der Waals surface area contributed by atoms with Crippen LogP contribution < -0.4 is 9.80 Å². The Bertz CT molecular complexity index is 921. The van der Waals surface area contributed by atoms with E-state index in [9.17, 15) is 0 Å². The van der Waals surface area contributed by atoms with E-state index in [1.807, 2.05) is 63.4 Å². The molecule has 0 bridgehead atoms. The van der Waals surface area contributed by atoms with E-state index >= 15 is 0 Å². The van der Waals surface area contributed by atoms with Crippen LogP contribution in [0.15, 0.2) is 42.5 Å². The molecule has 0 atom stereocenters. The molecule has 0 aliphatic rings. The summed E-state index contributed by atoms with van der Waals surface area (Å²) in [5.74, 6) is 0.666. The van der Waals surface area contributed by atoms with Gasteiger partial charge in [0.05, 0.1) is 22.8 Å². The van der Waals surface area contributed by atoms with Gasteiger partial charge >= 0.3 is 0 Å². The zero-order valence-corrected chi connectivity index (χ0v) is 14.3. The van der Waals surface area contributed by atoms with E-state index in [1.54, 1.807) is 0 Å². The van der Waals surface area contributed by atoms with Crippen molar-refractivity contribution < 1.29 is 0 Å². The highest BCUT2D eigenvalue weighted by atomic mass is 15.2. The van der Waals surface area contributed by atoms with Gasteiger partial charge in [-0.25, -0.2) is 9.97 Å². The Balaban J connectivity index is 2.28. The summed E-state index contributed by atoms with van der Waals surface area (Å²) in [6, 6.07) is 15.8. The lowest BCUT2D eigenvalue weighted by Gasteiger charge is -2.17. The first-order valence-electron chi connectivity index (χ1n) is 7.66. The maximum Gasteiger partial charge on any atom is 0.225 e. The van der Waals surface area contributed by atoms with Crippen molar-refractivity contribution in [1.29, 1.82) is 5.26 Å². The summed E-state index contributed by atoms with van der Waals surface area (Å²) in [4.78, 5) is 13.3. The summed E-state index contributed by atoms with van der Waals surface area (Å²) in [7, 11) is 7.88. The summed E-state index contributed by atoms with van der Waals surface area (Å²) in [5.41, 5.74) is 4.48. The molecule has 1 aromatic heterocycles. The van der Waals surface area contributed by atoms with Crippen molar-refractivity contribution in [3.05, 3.63) is 48.0 Å². The molecule has 0 radical (unpaired) electrons. The largest absolute Gasteiger partial charge is 0.378 e. The molecule has 1 heterocycles. The van der Waals surface area contributed by atoms with Gasteiger partial charge in [0.1, 0.15) is 0 Å². The predicted molar refractivity (Wildman–Crippen MR) is 98.3 cm³/mol. The minimum atomic E-state index is 0.638. The van der Waals surface area contributed by atoms with Gasteiger partial charge in [0, 0.05) is 44.8 Å². The van der Waals surface area contributed by atoms with Gasteiger partial charge in [-0.2, -0.15) is 5.26 Å². The minimum Gasteiger partial charge on any atom is -0.378 e. The summed E-state index contributed by atoms with van der Waals surface area (Å²) in [6.45, 7) is 0. The molecule has 0 unspecified atom stereocenters. The molecule has 0 fully saturated rings. The van der Waals surface area contributed by atoms with Crippen LogP contribution in [0.3, 0.4) is 0 Å². The summed E-state index contributed by atoms with van der Waals surface area (Å²) in [5, 5.41) is 9.99. The number of anilines is 2. The average Bonchev–Trinajstić information content (AvgIpc) is 2.60. The number of hydrogen-bond donors (Lipinski definition) is 0. The normalized spacial score (nSPS) is 10.5. The van der Waals surface area contributed by atoms with Crippen molar-refractivity contribution in [2.24, 2.45) is 0 Å². The van der Waals surface area contributed by atoms with Gasteiger partial charge in [-0.3, -0.25) is 0 Å². The van der Waals surface area contributed by atoms with Crippen molar-refractivity contribution in [2.75, 3.05) is 38.0 Å². The standard InChI is InChI=1S/C19H19N5/c1-23(2)15-9-10-17-16(11-15)18(22-19(21-17)24(3)4)14-7-5-13(12-20)6-8-14/h5-11H,1-4H3. The highest BCUT2D eigenvalue weighted by Gasteiger charge is 2.12. The van der Waals surface area contributed by atoms with Crippen molar-refractivity contribution in [3.8, 4) is 17.3 Å². The maximum atomic E-state index is 9.00. The molecular weight excluding hydrogens is 298 g/mol. The fraction of sp³-hybridized carbons (Fsp3) is 0.211. The average molecular weight is 317 g/mol. The van der Waals surface area contributed by atoms with Crippen LogP contribution in [0.4, 0.5) is 11.6 Å². The number of fused-ring (bicyclic) bond motifs is 1. The molecule has 0 N–H and O–H groups in total. The Kier molecular flexibility index (Phi) is 4.05. The molecule has 0 saturated carbocycles. The monoisotopic (exact) mass is 317 g/mol. The molecule has 5 heteroatoms. The molecule has 24 heavy (non-hydrogen) atoms.